The molecular weight excluding hydrogens is 564 g/mol. The van der Waals surface area contributed by atoms with Gasteiger partial charge in [0, 0.05) is 28.2 Å². The molecule has 12 heteroatoms. The van der Waals surface area contributed by atoms with Gasteiger partial charge in [-0.25, -0.2) is 19.2 Å². The van der Waals surface area contributed by atoms with Gasteiger partial charge in [0.1, 0.15) is 12.4 Å². The van der Waals surface area contributed by atoms with Crippen molar-refractivity contribution in [2.45, 2.75) is 60.0 Å². The predicted octanol–water partition coefficient (Wildman–Crippen LogP) is 3.91. The highest BCUT2D eigenvalue weighted by Gasteiger charge is 2.24. The molecule has 0 aliphatic heterocycles. The van der Waals surface area contributed by atoms with Crippen molar-refractivity contribution in [1.29, 1.82) is 0 Å². The molecule has 244 valence electrons. The van der Waals surface area contributed by atoms with E-state index >= 15 is 0 Å². The molecule has 0 aromatic carbocycles. The maximum Gasteiger partial charge on any atom is 0.333 e. The van der Waals surface area contributed by atoms with Crippen LogP contribution in [0, 0.1) is 5.41 Å². The number of allylic oxidation sites excluding steroid dienone is 1. The lowest BCUT2D eigenvalue weighted by atomic mass is 9.88. The number of furan rings is 1. The van der Waals surface area contributed by atoms with Crippen LogP contribution in [-0.2, 0) is 40.0 Å². The molecule has 0 saturated heterocycles. The lowest BCUT2D eigenvalue weighted by Crippen LogP contribution is -2.32. The number of hydrogen-bond donors (Lipinski definition) is 4. The van der Waals surface area contributed by atoms with Crippen molar-refractivity contribution in [3.8, 4) is 0 Å². The number of carboxylic acids is 1. The standard InChI is InChI=1S/C9H12O4.C9H10O3.C7H12O2.C6H14O3/c1-6(8(10)11)4-5-7(2)9(12)13-3;1-7(2)9(10)12-6-8-4-3-5-11-8;1-3-5-6-9-7(8)4-2;1-2-6(3-7,4-8)5-9/h4H,2,5H2,1,3H3,(H,10,11);3-5H,1,6H2,2H3;4H,2-3,5-6H2,1H3;7-9H,2-5H2,1H3. The van der Waals surface area contributed by atoms with Crippen LogP contribution in [0.5, 0.6) is 0 Å². The molecule has 1 aromatic heterocycles. The quantitative estimate of drug-likeness (QED) is 0.0968. The molecule has 43 heavy (non-hydrogen) atoms. The molecule has 1 aromatic rings. The van der Waals surface area contributed by atoms with E-state index in [0.29, 0.717) is 24.4 Å². The fraction of sp³-hybridized carbons (Fsp3) is 0.484. The SMILES string of the molecule is C=C(C)C(=O)OCc1ccco1.C=C(CC=C(C)C(=O)O)C(=O)OC.C=CC(=O)OCCCC.CCC(CO)(CO)CO. The minimum Gasteiger partial charge on any atom is -0.478 e. The van der Waals surface area contributed by atoms with Crippen molar-refractivity contribution in [1.82, 2.24) is 0 Å². The monoisotopic (exact) mass is 612 g/mol. The number of methoxy groups -OCH3 is 1. The van der Waals surface area contributed by atoms with Gasteiger partial charge < -0.3 is 39.1 Å². The predicted molar refractivity (Wildman–Crippen MR) is 161 cm³/mol. The molecule has 0 atom stereocenters. The Morgan fingerprint density at radius 1 is 1.00 bits per heavy atom. The van der Waals surface area contributed by atoms with E-state index in [9.17, 15) is 19.2 Å². The third kappa shape index (κ3) is 23.3. The summed E-state index contributed by atoms with van der Waals surface area (Å²) in [7, 11) is 1.25. The van der Waals surface area contributed by atoms with Crippen LogP contribution in [0.3, 0.4) is 0 Å². The third-order valence-electron chi connectivity index (χ3n) is 5.41. The maximum atomic E-state index is 10.9. The second-order valence-corrected chi connectivity index (χ2v) is 8.98. The first kappa shape index (κ1) is 43.5. The lowest BCUT2D eigenvalue weighted by molar-refractivity contribution is -0.141. The third-order valence-corrected chi connectivity index (χ3v) is 5.41. The highest BCUT2D eigenvalue weighted by atomic mass is 16.5. The zero-order valence-corrected chi connectivity index (χ0v) is 25.9. The maximum absolute atomic E-state index is 10.9. The van der Waals surface area contributed by atoms with E-state index in [1.54, 1.807) is 19.1 Å². The van der Waals surface area contributed by atoms with Gasteiger partial charge in [-0.15, -0.1) is 0 Å². The van der Waals surface area contributed by atoms with Gasteiger partial charge >= 0.3 is 23.9 Å². The summed E-state index contributed by atoms with van der Waals surface area (Å²) >= 11 is 0. The number of ether oxygens (including phenoxy) is 3. The van der Waals surface area contributed by atoms with Crippen molar-refractivity contribution >= 4 is 23.9 Å². The molecule has 0 aliphatic carbocycles. The van der Waals surface area contributed by atoms with Crippen LogP contribution in [0.2, 0.25) is 0 Å². The largest absolute Gasteiger partial charge is 0.478 e. The fourth-order valence-electron chi connectivity index (χ4n) is 2.11. The van der Waals surface area contributed by atoms with E-state index in [4.69, 9.17) is 29.6 Å². The molecule has 0 saturated carbocycles. The van der Waals surface area contributed by atoms with Crippen molar-refractivity contribution in [2.24, 2.45) is 5.41 Å². The number of unbranched alkanes of at least 4 members (excludes halogenated alkanes) is 1. The number of aliphatic carboxylic acids is 1. The van der Waals surface area contributed by atoms with Crippen LogP contribution in [-0.4, -0.2) is 77.8 Å². The molecule has 12 nitrogen and oxygen atoms in total. The van der Waals surface area contributed by atoms with Crippen LogP contribution in [0.4, 0.5) is 0 Å². The van der Waals surface area contributed by atoms with E-state index in [2.05, 4.69) is 29.2 Å². The van der Waals surface area contributed by atoms with Crippen molar-refractivity contribution in [3.63, 3.8) is 0 Å². The second-order valence-electron chi connectivity index (χ2n) is 8.98. The van der Waals surface area contributed by atoms with Crippen molar-refractivity contribution in [3.05, 3.63) is 72.8 Å². The van der Waals surface area contributed by atoms with Crippen molar-refractivity contribution < 1.29 is 58.2 Å². The van der Waals surface area contributed by atoms with Gasteiger partial charge in [-0.2, -0.15) is 0 Å². The molecule has 0 bridgehead atoms. The molecule has 0 radical (unpaired) electrons. The molecule has 0 aliphatic rings. The van der Waals surface area contributed by atoms with E-state index in [1.807, 2.05) is 13.8 Å². The Morgan fingerprint density at radius 2 is 1.58 bits per heavy atom. The smallest absolute Gasteiger partial charge is 0.333 e. The topological polar surface area (TPSA) is 190 Å². The highest BCUT2D eigenvalue weighted by Crippen LogP contribution is 2.18. The fourth-order valence-corrected chi connectivity index (χ4v) is 2.11. The Balaban J connectivity index is -0.000000503. The van der Waals surface area contributed by atoms with Gasteiger partial charge in [0.05, 0.1) is 39.8 Å². The number of aliphatic hydroxyl groups is 3. The van der Waals surface area contributed by atoms with E-state index < -0.39 is 23.3 Å². The molecule has 0 unspecified atom stereocenters. The van der Waals surface area contributed by atoms with Gasteiger partial charge in [0.2, 0.25) is 0 Å². The van der Waals surface area contributed by atoms with Crippen molar-refractivity contribution in [2.75, 3.05) is 33.5 Å². The Labute approximate surface area is 254 Å². The van der Waals surface area contributed by atoms with Gasteiger partial charge in [-0.1, -0.05) is 46.1 Å². The van der Waals surface area contributed by atoms with Gasteiger partial charge in [0.25, 0.3) is 0 Å². The van der Waals surface area contributed by atoms with E-state index in [1.165, 1.54) is 32.4 Å². The minimum absolute atomic E-state index is 0.156. The summed E-state index contributed by atoms with van der Waals surface area (Å²) in [5.74, 6) is -1.62. The van der Waals surface area contributed by atoms with Gasteiger partial charge in [-0.3, -0.25) is 0 Å². The Hall–Kier alpha value is -4.00. The summed E-state index contributed by atoms with van der Waals surface area (Å²) < 4.78 is 18.8. The molecule has 4 N–H and O–H groups in total. The van der Waals surface area contributed by atoms with Crippen LogP contribution >= 0.6 is 0 Å². The summed E-state index contributed by atoms with van der Waals surface area (Å²) in [5, 5.41) is 34.4. The summed E-state index contributed by atoms with van der Waals surface area (Å²) in [4.78, 5) is 42.4. The first-order valence-corrected chi connectivity index (χ1v) is 13.4. The van der Waals surface area contributed by atoms with Gasteiger partial charge in [-0.05, 0) is 45.2 Å². The molecule has 0 fully saturated rings. The molecule has 1 heterocycles. The Bertz CT molecular complexity index is 984. The number of aliphatic hydroxyl groups excluding tert-OH is 3. The molecule has 1 rings (SSSR count). The van der Waals surface area contributed by atoms with Crippen LogP contribution in [0.25, 0.3) is 0 Å². The summed E-state index contributed by atoms with van der Waals surface area (Å²) in [6, 6.07) is 3.48. The zero-order valence-electron chi connectivity index (χ0n) is 25.9. The molecular formula is C31H48O12. The molecule has 0 spiro atoms. The normalized spacial score (nSPS) is 10.2. The van der Waals surface area contributed by atoms with E-state index in [-0.39, 0.29) is 50.0 Å². The number of esters is 3. The second kappa shape index (κ2) is 26.9. The first-order chi connectivity index (χ1) is 20.2. The summed E-state index contributed by atoms with van der Waals surface area (Å²) in [6.07, 6.45) is 6.90. The number of hydrogen-bond acceptors (Lipinski definition) is 11. The summed E-state index contributed by atoms with van der Waals surface area (Å²) in [5.41, 5.74) is 0.148. The Kier molecular flexibility index (Phi) is 27.2. The first-order valence-electron chi connectivity index (χ1n) is 13.4. The Morgan fingerprint density at radius 3 is 1.93 bits per heavy atom. The van der Waals surface area contributed by atoms with Crippen LogP contribution < -0.4 is 0 Å². The van der Waals surface area contributed by atoms with Crippen LogP contribution in [0.15, 0.2) is 71.4 Å². The van der Waals surface area contributed by atoms with E-state index in [0.717, 1.165) is 12.8 Å². The number of carbonyl (C=O) groups excluding carboxylic acids is 3. The average Bonchev–Trinajstić information content (AvgIpc) is 3.54. The number of carboxylic acid groups (broad SMARTS) is 1. The number of carbonyl (C=O) groups is 4. The average molecular weight is 613 g/mol. The minimum atomic E-state index is -1.00. The summed E-state index contributed by atoms with van der Waals surface area (Å²) in [6.45, 7) is 17.3. The molecule has 0 amide bonds. The lowest BCUT2D eigenvalue weighted by Gasteiger charge is -2.24. The highest BCUT2D eigenvalue weighted by molar-refractivity contribution is 5.89. The van der Waals surface area contributed by atoms with Gasteiger partial charge in [0.15, 0.2) is 0 Å². The zero-order chi connectivity index (χ0) is 33.8. The number of rotatable bonds is 15. The van der Waals surface area contributed by atoms with Crippen LogP contribution in [0.1, 0.15) is 59.1 Å².